The summed E-state index contributed by atoms with van der Waals surface area (Å²) in [6.07, 6.45) is 1.19. The van der Waals surface area contributed by atoms with Crippen molar-refractivity contribution in [2.75, 3.05) is 18.8 Å². The highest BCUT2D eigenvalue weighted by Crippen LogP contribution is 2.19. The molecule has 2 N–H and O–H groups in total. The average Bonchev–Trinajstić information content (AvgIpc) is 2.38. The highest BCUT2D eigenvalue weighted by atomic mass is 32.2. The zero-order valence-electron chi connectivity index (χ0n) is 11.1. The number of hydrogen-bond donors (Lipinski definition) is 2. The molecule has 0 bridgehead atoms. The van der Waals surface area contributed by atoms with Gasteiger partial charge < -0.3 is 10.4 Å². The second-order valence-corrected chi connectivity index (χ2v) is 6.92. The summed E-state index contributed by atoms with van der Waals surface area (Å²) >= 11 is 0. The number of nitrogens with zero attached hydrogens (tertiary/aromatic N) is 1. The van der Waals surface area contributed by atoms with Crippen molar-refractivity contribution in [3.05, 3.63) is 0 Å². The van der Waals surface area contributed by atoms with Gasteiger partial charge in [-0.2, -0.15) is 0 Å². The first kappa shape index (κ1) is 15.9. The Labute approximate surface area is 113 Å². The first-order valence-corrected chi connectivity index (χ1v) is 7.90. The molecule has 110 valence electrons. The van der Waals surface area contributed by atoms with Gasteiger partial charge in [0.1, 0.15) is 6.04 Å². The van der Waals surface area contributed by atoms with Gasteiger partial charge in [0.15, 0.2) is 0 Å². The third kappa shape index (κ3) is 4.17. The maximum atomic E-state index is 11.9. The number of carboxylic acids is 1. The molecule has 0 aromatic rings. The third-order valence-electron chi connectivity index (χ3n) is 3.24. The van der Waals surface area contributed by atoms with E-state index in [1.54, 1.807) is 6.92 Å². The molecule has 0 radical (unpaired) electrons. The highest BCUT2D eigenvalue weighted by molar-refractivity contribution is 7.89. The van der Waals surface area contributed by atoms with E-state index in [9.17, 15) is 18.0 Å². The van der Waals surface area contributed by atoms with Crippen molar-refractivity contribution in [2.24, 2.45) is 5.92 Å². The SMILES string of the molecule is CCS(=O)(=O)N1CCCC(C(=O)N[C@@H](C)C(=O)O)C1. The largest absolute Gasteiger partial charge is 0.480 e. The summed E-state index contributed by atoms with van der Waals surface area (Å²) in [5, 5.41) is 11.1. The van der Waals surface area contributed by atoms with Crippen LogP contribution in [0.1, 0.15) is 26.7 Å². The second-order valence-electron chi connectivity index (χ2n) is 4.67. The van der Waals surface area contributed by atoms with Crippen molar-refractivity contribution in [3.63, 3.8) is 0 Å². The van der Waals surface area contributed by atoms with Crippen molar-refractivity contribution in [1.29, 1.82) is 0 Å². The molecule has 1 saturated heterocycles. The minimum atomic E-state index is -3.30. The van der Waals surface area contributed by atoms with Gasteiger partial charge in [-0.3, -0.25) is 9.59 Å². The van der Waals surface area contributed by atoms with Gasteiger partial charge in [-0.25, -0.2) is 12.7 Å². The highest BCUT2D eigenvalue weighted by Gasteiger charge is 2.32. The summed E-state index contributed by atoms with van der Waals surface area (Å²) in [5.41, 5.74) is 0. The molecule has 1 unspecified atom stereocenters. The van der Waals surface area contributed by atoms with Crippen LogP contribution in [0.5, 0.6) is 0 Å². The summed E-state index contributed by atoms with van der Waals surface area (Å²) in [6.45, 7) is 3.50. The molecular formula is C11H20N2O5S. The van der Waals surface area contributed by atoms with Crippen molar-refractivity contribution < 1.29 is 23.1 Å². The smallest absolute Gasteiger partial charge is 0.325 e. The third-order valence-corrected chi connectivity index (χ3v) is 5.09. The topological polar surface area (TPSA) is 104 Å². The summed E-state index contributed by atoms with van der Waals surface area (Å²) in [6, 6.07) is -0.967. The molecule has 0 aliphatic carbocycles. The van der Waals surface area contributed by atoms with E-state index in [1.807, 2.05) is 0 Å². The van der Waals surface area contributed by atoms with Gasteiger partial charge >= 0.3 is 5.97 Å². The van der Waals surface area contributed by atoms with E-state index >= 15 is 0 Å². The van der Waals surface area contributed by atoms with Crippen molar-refractivity contribution in [1.82, 2.24) is 9.62 Å². The zero-order chi connectivity index (χ0) is 14.6. The number of sulfonamides is 1. The van der Waals surface area contributed by atoms with Crippen LogP contribution in [-0.4, -0.2) is 54.6 Å². The van der Waals surface area contributed by atoms with Crippen LogP contribution in [0, 0.1) is 5.92 Å². The van der Waals surface area contributed by atoms with E-state index < -0.39 is 33.9 Å². The number of nitrogens with one attached hydrogen (secondary N) is 1. The van der Waals surface area contributed by atoms with Crippen molar-refractivity contribution in [3.8, 4) is 0 Å². The minimum Gasteiger partial charge on any atom is -0.480 e. The molecule has 1 amide bonds. The Bertz CT molecular complexity index is 448. The molecule has 1 rings (SSSR count). The molecule has 0 spiro atoms. The Morgan fingerprint density at radius 3 is 2.63 bits per heavy atom. The molecule has 1 fully saturated rings. The van der Waals surface area contributed by atoms with Crippen LogP contribution in [0.2, 0.25) is 0 Å². The second kappa shape index (κ2) is 6.33. The lowest BCUT2D eigenvalue weighted by Crippen LogP contribution is -2.48. The maximum Gasteiger partial charge on any atom is 0.325 e. The lowest BCUT2D eigenvalue weighted by molar-refractivity contribution is -0.142. The van der Waals surface area contributed by atoms with Gasteiger partial charge in [-0.15, -0.1) is 0 Å². The Kier molecular flexibility index (Phi) is 5.30. The number of piperidine rings is 1. The van der Waals surface area contributed by atoms with Crippen LogP contribution in [0.4, 0.5) is 0 Å². The molecule has 0 aromatic heterocycles. The molecule has 1 aliphatic heterocycles. The van der Waals surface area contributed by atoms with Crippen LogP contribution in [-0.2, 0) is 19.6 Å². The number of hydrogen-bond acceptors (Lipinski definition) is 4. The molecule has 8 heteroatoms. The average molecular weight is 292 g/mol. The van der Waals surface area contributed by atoms with Crippen LogP contribution < -0.4 is 5.32 Å². The van der Waals surface area contributed by atoms with E-state index in [2.05, 4.69) is 5.32 Å². The molecule has 19 heavy (non-hydrogen) atoms. The lowest BCUT2D eigenvalue weighted by Gasteiger charge is -2.31. The van der Waals surface area contributed by atoms with Crippen LogP contribution in [0.3, 0.4) is 0 Å². The molecular weight excluding hydrogens is 272 g/mol. The van der Waals surface area contributed by atoms with Gasteiger partial charge in [-0.1, -0.05) is 0 Å². The van der Waals surface area contributed by atoms with E-state index in [0.717, 1.165) is 0 Å². The fourth-order valence-electron chi connectivity index (χ4n) is 1.98. The first-order chi connectivity index (χ1) is 8.77. The van der Waals surface area contributed by atoms with E-state index in [4.69, 9.17) is 5.11 Å². The number of amides is 1. The molecule has 2 atom stereocenters. The van der Waals surface area contributed by atoms with Crippen LogP contribution in [0.15, 0.2) is 0 Å². The Morgan fingerprint density at radius 1 is 1.47 bits per heavy atom. The van der Waals surface area contributed by atoms with Crippen molar-refractivity contribution >= 4 is 21.9 Å². The normalized spacial score (nSPS) is 22.7. The molecule has 0 saturated carbocycles. The lowest BCUT2D eigenvalue weighted by atomic mass is 9.98. The Morgan fingerprint density at radius 2 is 2.11 bits per heavy atom. The van der Waals surface area contributed by atoms with Gasteiger partial charge in [0.25, 0.3) is 0 Å². The zero-order valence-corrected chi connectivity index (χ0v) is 11.9. The molecule has 1 aliphatic rings. The summed E-state index contributed by atoms with van der Waals surface area (Å²) in [4.78, 5) is 22.5. The number of aliphatic carboxylic acids is 1. The Hall–Kier alpha value is -1.15. The van der Waals surface area contributed by atoms with E-state index in [0.29, 0.717) is 19.4 Å². The molecule has 0 aromatic carbocycles. The first-order valence-electron chi connectivity index (χ1n) is 6.29. The quantitative estimate of drug-likeness (QED) is 0.720. The van der Waals surface area contributed by atoms with E-state index in [1.165, 1.54) is 11.2 Å². The van der Waals surface area contributed by atoms with Crippen LogP contribution >= 0.6 is 0 Å². The molecule has 1 heterocycles. The van der Waals surface area contributed by atoms with Gasteiger partial charge in [0.05, 0.1) is 11.7 Å². The van der Waals surface area contributed by atoms with Gasteiger partial charge in [0, 0.05) is 13.1 Å². The number of carbonyl (C=O) groups is 2. The minimum absolute atomic E-state index is 0.00681. The molecule has 7 nitrogen and oxygen atoms in total. The Balaban J connectivity index is 2.65. The van der Waals surface area contributed by atoms with Crippen LogP contribution in [0.25, 0.3) is 0 Å². The van der Waals surface area contributed by atoms with Crippen molar-refractivity contribution in [2.45, 2.75) is 32.7 Å². The summed E-state index contributed by atoms with van der Waals surface area (Å²) in [7, 11) is -3.30. The number of carbonyl (C=O) groups excluding carboxylic acids is 1. The maximum absolute atomic E-state index is 11.9. The van der Waals surface area contributed by atoms with E-state index in [-0.39, 0.29) is 12.3 Å². The predicted molar refractivity (Wildman–Crippen MR) is 69.0 cm³/mol. The number of rotatable bonds is 5. The monoisotopic (exact) mass is 292 g/mol. The fourth-order valence-corrected chi connectivity index (χ4v) is 3.16. The van der Waals surface area contributed by atoms with Gasteiger partial charge in [-0.05, 0) is 26.7 Å². The predicted octanol–water partition coefficient (Wildman–Crippen LogP) is -0.363. The standard InChI is InChI=1S/C11H20N2O5S/c1-3-19(17,18)13-6-4-5-9(7-13)10(14)12-8(2)11(15)16/h8-9H,3-7H2,1-2H3,(H,12,14)(H,15,16)/t8-,9?/m0/s1. The summed E-state index contributed by atoms with van der Waals surface area (Å²) in [5.74, 6) is -1.97. The number of carboxylic acid groups (broad SMARTS) is 1. The fraction of sp³-hybridized carbons (Fsp3) is 0.818. The van der Waals surface area contributed by atoms with Gasteiger partial charge in [0.2, 0.25) is 15.9 Å². The summed E-state index contributed by atoms with van der Waals surface area (Å²) < 4.78 is 24.8.